The third-order valence-corrected chi connectivity index (χ3v) is 10.9. The van der Waals surface area contributed by atoms with Gasteiger partial charge in [-0.15, -0.1) is 0 Å². The van der Waals surface area contributed by atoms with Crippen molar-refractivity contribution in [2.24, 2.45) is 17.3 Å². The number of ether oxygens (including phenoxy) is 1. The number of halogens is 2. The van der Waals surface area contributed by atoms with Gasteiger partial charge in [-0.1, -0.05) is 6.92 Å². The second-order valence-corrected chi connectivity index (χ2v) is 13.9. The zero-order valence-electron chi connectivity index (χ0n) is 24.7. The Labute approximate surface area is 250 Å². The first kappa shape index (κ1) is 28.7. The lowest BCUT2D eigenvalue weighted by Crippen LogP contribution is -2.66. The van der Waals surface area contributed by atoms with E-state index in [1.54, 1.807) is 18.2 Å². The molecule has 5 fully saturated rings. The number of imide groups is 1. The largest absolute Gasteiger partial charge is 0.489 e. The summed E-state index contributed by atoms with van der Waals surface area (Å²) in [6, 6.07) is 3.32. The third kappa shape index (κ3) is 5.21. The summed E-state index contributed by atoms with van der Waals surface area (Å²) in [5.74, 6) is -2.41. The number of hydrogen-bond donors (Lipinski definition) is 1. The summed E-state index contributed by atoms with van der Waals surface area (Å²) in [6.45, 7) is 5.03. The van der Waals surface area contributed by atoms with Crippen LogP contribution in [0, 0.1) is 17.3 Å². The highest BCUT2D eigenvalue weighted by molar-refractivity contribution is 6.05. The summed E-state index contributed by atoms with van der Waals surface area (Å²) in [5, 5.41) is 2.30. The molecule has 4 aliphatic heterocycles. The number of benzene rings is 1. The standard InChI is InChI=1S/C32H40F2N4O5/c1-31(11-12-31)30(42)36-13-8-19(9-14-36)21-16-37(17-21)27-25(3-2-10-32(27,33)34)43-22-4-5-23-20(15-22)18-38(29(23)41)24-6-7-26(39)35-28(24)40/h4-5,15,19,21,24-25,27H,2-3,6-14,16-18H2,1H3,(H,35,39,40)/t24?,25-,27-/m1/s1. The number of fused-ring (bicyclic) bond motifs is 1. The molecule has 2 saturated carbocycles. The molecule has 11 heteroatoms. The summed E-state index contributed by atoms with van der Waals surface area (Å²) in [7, 11) is 0. The van der Waals surface area contributed by atoms with Gasteiger partial charge in [0.05, 0.1) is 0 Å². The molecule has 3 saturated heterocycles. The number of nitrogens with zero attached hydrogens (tertiary/aromatic N) is 3. The number of carbonyl (C=O) groups is 4. The first-order valence-electron chi connectivity index (χ1n) is 15.9. The van der Waals surface area contributed by atoms with Gasteiger partial charge in [-0.3, -0.25) is 29.4 Å². The van der Waals surface area contributed by atoms with Crippen molar-refractivity contribution in [3.05, 3.63) is 29.3 Å². The highest BCUT2D eigenvalue weighted by atomic mass is 19.3. The Morgan fingerprint density at radius 2 is 1.74 bits per heavy atom. The number of hydrogen-bond acceptors (Lipinski definition) is 6. The molecule has 4 heterocycles. The molecule has 6 aliphatic rings. The van der Waals surface area contributed by atoms with Crippen molar-refractivity contribution in [1.29, 1.82) is 0 Å². The molecule has 43 heavy (non-hydrogen) atoms. The van der Waals surface area contributed by atoms with Gasteiger partial charge in [0.25, 0.3) is 11.8 Å². The van der Waals surface area contributed by atoms with Crippen molar-refractivity contribution in [1.82, 2.24) is 20.0 Å². The Bertz CT molecular complexity index is 1330. The minimum Gasteiger partial charge on any atom is -0.489 e. The average molecular weight is 599 g/mol. The van der Waals surface area contributed by atoms with Crippen LogP contribution in [-0.4, -0.2) is 88.6 Å². The summed E-state index contributed by atoms with van der Waals surface area (Å²) >= 11 is 0. The molecule has 2 aliphatic carbocycles. The van der Waals surface area contributed by atoms with E-state index in [0.29, 0.717) is 54.6 Å². The lowest BCUT2D eigenvalue weighted by Gasteiger charge is -2.53. The van der Waals surface area contributed by atoms with Crippen molar-refractivity contribution in [3.8, 4) is 5.75 Å². The van der Waals surface area contributed by atoms with Gasteiger partial charge in [0.2, 0.25) is 17.7 Å². The van der Waals surface area contributed by atoms with Gasteiger partial charge in [-0.25, -0.2) is 8.78 Å². The Kier molecular flexibility index (Phi) is 7.02. The number of nitrogens with one attached hydrogen (secondary N) is 1. The molecular formula is C32H40F2N4O5. The van der Waals surface area contributed by atoms with Crippen LogP contribution in [-0.2, 0) is 20.9 Å². The quantitative estimate of drug-likeness (QED) is 0.505. The molecule has 0 aromatic heterocycles. The van der Waals surface area contributed by atoms with E-state index in [4.69, 9.17) is 4.74 Å². The van der Waals surface area contributed by atoms with Crippen molar-refractivity contribution < 1.29 is 32.7 Å². The van der Waals surface area contributed by atoms with Crippen molar-refractivity contribution >= 4 is 23.6 Å². The van der Waals surface area contributed by atoms with Gasteiger partial charge in [-0.05, 0) is 80.5 Å². The lowest BCUT2D eigenvalue weighted by atomic mass is 9.76. The van der Waals surface area contributed by atoms with Gasteiger partial charge >= 0.3 is 0 Å². The Morgan fingerprint density at radius 3 is 2.44 bits per heavy atom. The summed E-state index contributed by atoms with van der Waals surface area (Å²) < 4.78 is 37.1. The molecular weight excluding hydrogens is 558 g/mol. The van der Waals surface area contributed by atoms with Crippen LogP contribution in [0.1, 0.15) is 80.6 Å². The van der Waals surface area contributed by atoms with E-state index >= 15 is 8.78 Å². The fourth-order valence-electron chi connectivity index (χ4n) is 7.97. The van der Waals surface area contributed by atoms with Crippen LogP contribution in [0.3, 0.4) is 0 Å². The summed E-state index contributed by atoms with van der Waals surface area (Å²) in [5.41, 5.74) is 1.01. The first-order valence-corrected chi connectivity index (χ1v) is 15.9. The molecule has 1 unspecified atom stereocenters. The highest BCUT2D eigenvalue weighted by Crippen LogP contribution is 2.48. The summed E-state index contributed by atoms with van der Waals surface area (Å²) in [6.07, 6.45) is 4.36. The fourth-order valence-corrected chi connectivity index (χ4v) is 7.97. The predicted molar refractivity (Wildman–Crippen MR) is 151 cm³/mol. The smallest absolute Gasteiger partial charge is 0.266 e. The number of carbonyl (C=O) groups excluding carboxylic acids is 4. The van der Waals surface area contributed by atoms with Crippen molar-refractivity contribution in [2.45, 2.75) is 95.4 Å². The molecule has 1 aromatic carbocycles. The van der Waals surface area contributed by atoms with Gasteiger partial charge in [0.1, 0.15) is 23.9 Å². The van der Waals surface area contributed by atoms with E-state index in [1.807, 2.05) is 16.7 Å². The van der Waals surface area contributed by atoms with E-state index < -0.39 is 30.0 Å². The second kappa shape index (κ2) is 10.5. The van der Waals surface area contributed by atoms with Crippen LogP contribution in [0.25, 0.3) is 0 Å². The van der Waals surface area contributed by atoms with Crippen LogP contribution >= 0.6 is 0 Å². The summed E-state index contributed by atoms with van der Waals surface area (Å²) in [4.78, 5) is 55.1. The maximum absolute atomic E-state index is 15.4. The number of rotatable bonds is 6. The molecule has 0 radical (unpaired) electrons. The average Bonchev–Trinajstić information content (AvgIpc) is 3.62. The van der Waals surface area contributed by atoms with Gasteiger partial charge in [-0.2, -0.15) is 0 Å². The van der Waals surface area contributed by atoms with Gasteiger partial charge in [0.15, 0.2) is 0 Å². The van der Waals surface area contributed by atoms with Crippen LogP contribution in [0.4, 0.5) is 8.78 Å². The lowest BCUT2D eigenvalue weighted by molar-refractivity contribution is -0.173. The van der Waals surface area contributed by atoms with E-state index in [-0.39, 0.29) is 48.9 Å². The SMILES string of the molecule is CC1(C(=O)N2CCC(C3CN([C@@H]4[C@H](Oc5ccc6c(c5)CN(C5CCC(=O)NC5=O)C6=O)CCCC4(F)F)C3)CC2)CC1. The maximum atomic E-state index is 15.4. The van der Waals surface area contributed by atoms with Gasteiger partial charge < -0.3 is 14.5 Å². The zero-order valence-corrected chi connectivity index (χ0v) is 24.7. The van der Waals surface area contributed by atoms with Gasteiger partial charge in [0, 0.05) is 56.5 Å². The number of likely N-dealkylation sites (tertiary alicyclic amines) is 2. The molecule has 1 aromatic rings. The molecule has 7 rings (SSSR count). The van der Waals surface area contributed by atoms with E-state index in [0.717, 1.165) is 38.8 Å². The second-order valence-electron chi connectivity index (χ2n) is 13.9. The molecule has 0 bridgehead atoms. The molecule has 232 valence electrons. The fraction of sp³-hybridized carbons (Fsp3) is 0.688. The molecule has 1 N–H and O–H groups in total. The number of piperidine rings is 2. The Hall–Kier alpha value is -3.08. The van der Waals surface area contributed by atoms with Crippen molar-refractivity contribution in [3.63, 3.8) is 0 Å². The van der Waals surface area contributed by atoms with Crippen LogP contribution < -0.4 is 10.1 Å². The number of amides is 4. The highest BCUT2D eigenvalue weighted by Gasteiger charge is 2.55. The Balaban J connectivity index is 0.982. The Morgan fingerprint density at radius 1 is 1.00 bits per heavy atom. The monoisotopic (exact) mass is 598 g/mol. The van der Waals surface area contributed by atoms with E-state index in [2.05, 4.69) is 5.32 Å². The van der Waals surface area contributed by atoms with Crippen LogP contribution in [0.2, 0.25) is 0 Å². The normalized spacial score (nSPS) is 31.0. The molecule has 3 atom stereocenters. The minimum atomic E-state index is -2.86. The molecule has 0 spiro atoms. The van der Waals surface area contributed by atoms with E-state index in [9.17, 15) is 19.2 Å². The molecule has 4 amide bonds. The van der Waals surface area contributed by atoms with Crippen LogP contribution in [0.5, 0.6) is 5.75 Å². The minimum absolute atomic E-state index is 0.150. The third-order valence-electron chi connectivity index (χ3n) is 10.9. The zero-order chi connectivity index (χ0) is 30.1. The van der Waals surface area contributed by atoms with E-state index in [1.165, 1.54) is 4.90 Å². The number of alkyl halides is 2. The van der Waals surface area contributed by atoms with Crippen LogP contribution in [0.15, 0.2) is 18.2 Å². The maximum Gasteiger partial charge on any atom is 0.266 e. The molecule has 9 nitrogen and oxygen atoms in total. The topological polar surface area (TPSA) is 99.3 Å². The predicted octanol–water partition coefficient (Wildman–Crippen LogP) is 3.35. The first-order chi connectivity index (χ1) is 20.5. The van der Waals surface area contributed by atoms with Crippen molar-refractivity contribution in [2.75, 3.05) is 26.2 Å².